The summed E-state index contributed by atoms with van der Waals surface area (Å²) in [7, 11) is -5.01. The average molecular weight is 480 g/mol. The van der Waals surface area contributed by atoms with Crippen molar-refractivity contribution in [2.45, 2.75) is 19.2 Å². The van der Waals surface area contributed by atoms with Crippen LogP contribution in [0.15, 0.2) is 30.5 Å². The Bertz CT molecular complexity index is 745. The van der Waals surface area contributed by atoms with Gasteiger partial charge in [0.05, 0.1) is 5.76 Å². The van der Waals surface area contributed by atoms with Gasteiger partial charge in [-0.15, -0.1) is 0 Å². The molecule has 11 heteroatoms. The smallest absolute Gasteiger partial charge is 0.426 e. The largest absolute Gasteiger partial charge is 0.462 e. The first-order chi connectivity index (χ1) is 10.8. The van der Waals surface area contributed by atoms with E-state index in [2.05, 4.69) is 11.3 Å². The fourth-order valence-corrected chi connectivity index (χ4v) is 2.62. The molecule has 0 saturated heterocycles. The van der Waals surface area contributed by atoms with E-state index in [1.165, 1.54) is 25.1 Å². The lowest BCUT2D eigenvalue weighted by molar-refractivity contribution is -0.197. The summed E-state index contributed by atoms with van der Waals surface area (Å²) in [6.07, 6.45) is -8.19. The highest BCUT2D eigenvalue weighted by molar-refractivity contribution is 14.1. The molecule has 1 aromatic carbocycles. The zero-order chi connectivity index (χ0) is 18.7. The van der Waals surface area contributed by atoms with E-state index in [0.717, 1.165) is 0 Å². The van der Waals surface area contributed by atoms with Gasteiger partial charge in [0.1, 0.15) is 17.1 Å². The van der Waals surface area contributed by atoms with Crippen molar-refractivity contribution in [1.82, 2.24) is 0 Å². The number of ether oxygens (including phenoxy) is 2. The first-order valence-electron chi connectivity index (χ1n) is 6.15. The molecule has 0 aromatic heterocycles. The fourth-order valence-electron chi connectivity index (χ4n) is 1.52. The monoisotopic (exact) mass is 480 g/mol. The normalized spacial score (nSPS) is 13.2. The molecule has 1 aromatic rings. The predicted molar refractivity (Wildman–Crippen MR) is 86.3 cm³/mol. The third-order valence-electron chi connectivity index (χ3n) is 2.42. The van der Waals surface area contributed by atoms with E-state index in [9.17, 15) is 26.4 Å². The van der Waals surface area contributed by atoms with Crippen LogP contribution < -0.4 is 4.74 Å². The van der Waals surface area contributed by atoms with Gasteiger partial charge < -0.3 is 9.47 Å². The minimum atomic E-state index is -5.18. The van der Waals surface area contributed by atoms with E-state index in [4.69, 9.17) is 9.29 Å². The lowest BCUT2D eigenvalue weighted by atomic mass is 10.2. The van der Waals surface area contributed by atoms with Gasteiger partial charge in [-0.1, -0.05) is 6.58 Å². The Hall–Kier alpha value is -1.34. The number of alkyl halides is 3. The second-order valence-corrected chi connectivity index (χ2v) is 7.37. The van der Waals surface area contributed by atoms with Crippen LogP contribution in [-0.2, 0) is 14.9 Å². The van der Waals surface area contributed by atoms with E-state index in [-0.39, 0.29) is 17.1 Å². The quantitative estimate of drug-likeness (QED) is 0.291. The fraction of sp³-hybridized carbons (Fsp3) is 0.308. The highest BCUT2D eigenvalue weighted by Crippen LogP contribution is 2.28. The molecule has 0 saturated carbocycles. The molecule has 24 heavy (non-hydrogen) atoms. The number of esters is 1. The number of carbonyl (C=O) groups excluding carboxylic acids is 1. The zero-order valence-corrected chi connectivity index (χ0v) is 15.1. The van der Waals surface area contributed by atoms with Gasteiger partial charge in [-0.05, 0) is 47.7 Å². The lowest BCUT2D eigenvalue weighted by Crippen LogP contribution is -2.39. The second-order valence-electron chi connectivity index (χ2n) is 4.63. The Labute approximate surface area is 149 Å². The molecule has 0 spiro atoms. The van der Waals surface area contributed by atoms with Gasteiger partial charge in [-0.3, -0.25) is 4.55 Å². The van der Waals surface area contributed by atoms with Gasteiger partial charge in [0.15, 0.2) is 0 Å². The summed E-state index contributed by atoms with van der Waals surface area (Å²) >= 11 is 1.89. The number of hydrogen-bond donors (Lipinski definition) is 1. The Morgan fingerprint density at radius 2 is 2.00 bits per heavy atom. The Morgan fingerprint density at radius 3 is 2.46 bits per heavy atom. The Kier molecular flexibility index (Phi) is 6.64. The molecule has 0 aliphatic rings. The highest BCUT2D eigenvalue weighted by atomic mass is 127. The molecule has 6 nitrogen and oxygen atoms in total. The number of allylic oxidation sites excluding steroid dienone is 1. The van der Waals surface area contributed by atoms with Gasteiger partial charge in [0, 0.05) is 3.57 Å². The molecule has 134 valence electrons. The minimum Gasteiger partial charge on any atom is -0.462 e. The molecule has 1 unspecified atom stereocenters. The molecule has 0 aliphatic carbocycles. The van der Waals surface area contributed by atoms with Crippen LogP contribution in [0.3, 0.4) is 0 Å². The molecular weight excluding hydrogens is 468 g/mol. The van der Waals surface area contributed by atoms with Crippen LogP contribution in [-0.4, -0.2) is 37.0 Å². The van der Waals surface area contributed by atoms with Crippen LogP contribution in [0.2, 0.25) is 0 Å². The maximum atomic E-state index is 12.8. The standard InChI is InChI=1S/C13H12F3IO6S/c1-7(2)22-10-5-8(17)3-4-9(10)12(18)23-11(13(14,15)16)6-24(19,20)21/h3-5,11H,1,6H2,2H3,(H,19,20,21). The molecular formula is C13H12F3IO6S. The molecule has 0 fully saturated rings. The molecule has 0 radical (unpaired) electrons. The van der Waals surface area contributed by atoms with Crippen molar-refractivity contribution in [2.24, 2.45) is 0 Å². The van der Waals surface area contributed by atoms with Crippen LogP contribution in [0.1, 0.15) is 17.3 Å². The molecule has 0 aliphatic heterocycles. The van der Waals surface area contributed by atoms with E-state index in [0.29, 0.717) is 3.57 Å². The van der Waals surface area contributed by atoms with E-state index >= 15 is 0 Å². The summed E-state index contributed by atoms with van der Waals surface area (Å²) in [4.78, 5) is 12.0. The maximum absolute atomic E-state index is 12.8. The highest BCUT2D eigenvalue weighted by Gasteiger charge is 2.45. The SMILES string of the molecule is C=C(C)Oc1cc(I)ccc1C(=O)OC(CS(=O)(=O)O)C(F)(F)F. The summed E-state index contributed by atoms with van der Waals surface area (Å²) in [5.74, 6) is -3.17. The zero-order valence-electron chi connectivity index (χ0n) is 12.1. The summed E-state index contributed by atoms with van der Waals surface area (Å²) in [6, 6.07) is 3.97. The van der Waals surface area contributed by atoms with Crippen molar-refractivity contribution < 1.29 is 40.4 Å². The first kappa shape index (κ1) is 20.7. The van der Waals surface area contributed by atoms with Crippen molar-refractivity contribution in [3.8, 4) is 5.75 Å². The number of carbonyl (C=O) groups is 1. The lowest BCUT2D eigenvalue weighted by Gasteiger charge is -2.20. The Balaban J connectivity index is 3.14. The van der Waals surface area contributed by atoms with E-state index in [1.54, 1.807) is 0 Å². The molecule has 1 atom stereocenters. The minimum absolute atomic E-state index is 0.0906. The second kappa shape index (κ2) is 7.70. The molecule has 1 rings (SSSR count). The summed E-state index contributed by atoms with van der Waals surface area (Å²) in [6.45, 7) is 4.92. The third kappa shape index (κ3) is 6.65. The molecule has 0 amide bonds. The average Bonchev–Trinajstić information content (AvgIpc) is 2.34. The topological polar surface area (TPSA) is 89.9 Å². The van der Waals surface area contributed by atoms with Crippen molar-refractivity contribution in [3.63, 3.8) is 0 Å². The van der Waals surface area contributed by atoms with Gasteiger partial charge >= 0.3 is 12.1 Å². The van der Waals surface area contributed by atoms with E-state index in [1.807, 2.05) is 22.6 Å². The van der Waals surface area contributed by atoms with Crippen molar-refractivity contribution in [1.29, 1.82) is 0 Å². The van der Waals surface area contributed by atoms with Gasteiger partial charge in [0.25, 0.3) is 10.1 Å². The van der Waals surface area contributed by atoms with Crippen molar-refractivity contribution in [3.05, 3.63) is 39.7 Å². The molecule has 0 bridgehead atoms. The van der Waals surface area contributed by atoms with Crippen molar-refractivity contribution >= 4 is 38.7 Å². The number of hydrogen-bond acceptors (Lipinski definition) is 5. The predicted octanol–water partition coefficient (Wildman–Crippen LogP) is 3.18. The molecule has 0 heterocycles. The van der Waals surface area contributed by atoms with Crippen LogP contribution in [0.4, 0.5) is 13.2 Å². The number of rotatable bonds is 6. The maximum Gasteiger partial charge on any atom is 0.426 e. The first-order valence-corrected chi connectivity index (χ1v) is 8.84. The number of benzene rings is 1. The van der Waals surface area contributed by atoms with Crippen LogP contribution in [0.5, 0.6) is 5.75 Å². The van der Waals surface area contributed by atoms with Crippen LogP contribution >= 0.6 is 22.6 Å². The van der Waals surface area contributed by atoms with Crippen LogP contribution in [0.25, 0.3) is 0 Å². The van der Waals surface area contributed by atoms with Gasteiger partial charge in [0.2, 0.25) is 6.10 Å². The summed E-state index contributed by atoms with van der Waals surface area (Å²) in [5.41, 5.74) is -0.344. The van der Waals surface area contributed by atoms with E-state index < -0.39 is 34.1 Å². The van der Waals surface area contributed by atoms with Gasteiger partial charge in [-0.25, -0.2) is 4.79 Å². The summed E-state index contributed by atoms with van der Waals surface area (Å²) < 4.78 is 78.4. The van der Waals surface area contributed by atoms with Crippen molar-refractivity contribution in [2.75, 3.05) is 5.75 Å². The third-order valence-corrected chi connectivity index (χ3v) is 3.82. The Morgan fingerprint density at radius 1 is 1.42 bits per heavy atom. The van der Waals surface area contributed by atoms with Crippen LogP contribution in [0, 0.1) is 3.57 Å². The van der Waals surface area contributed by atoms with Gasteiger partial charge in [-0.2, -0.15) is 21.6 Å². The summed E-state index contributed by atoms with van der Waals surface area (Å²) in [5, 5.41) is 0. The number of halogens is 4. The molecule has 1 N–H and O–H groups in total.